The molecule has 0 amide bonds. The molecule has 0 N–H and O–H groups in total. The highest BCUT2D eigenvalue weighted by atomic mass is 127. The molecule has 0 fully saturated rings. The molecule has 0 saturated heterocycles. The van der Waals surface area contributed by atoms with Crippen LogP contribution in [0.1, 0.15) is 51.9 Å². The zero-order valence-corrected chi connectivity index (χ0v) is 13.5. The largest absolute Gasteiger partial charge is 1.00 e. The maximum absolute atomic E-state index is 5.85. The number of nitrogens with zero attached hydrogens (tertiary/aromatic N) is 1. The van der Waals surface area contributed by atoms with Crippen molar-refractivity contribution in [1.29, 1.82) is 0 Å². The molecule has 0 aromatic rings. The molecule has 1 nitrogen and oxygen atoms in total. The third-order valence-electron chi connectivity index (χ3n) is 2.69. The quantitative estimate of drug-likeness (QED) is 0.192. The molecule has 0 saturated carbocycles. The minimum atomic E-state index is 0. The summed E-state index contributed by atoms with van der Waals surface area (Å²) in [6.45, 7) is 3.48. The van der Waals surface area contributed by atoms with E-state index in [-0.39, 0.29) is 24.0 Å². The first-order valence-electron chi connectivity index (χ1n) is 6.00. The lowest BCUT2D eigenvalue weighted by molar-refractivity contribution is -0.879. The molecule has 0 aromatic heterocycles. The van der Waals surface area contributed by atoms with E-state index in [2.05, 4.69) is 21.0 Å². The van der Waals surface area contributed by atoms with Crippen molar-refractivity contribution >= 4 is 11.6 Å². The summed E-state index contributed by atoms with van der Waals surface area (Å²) in [5.41, 5.74) is 0. The predicted molar refractivity (Wildman–Crippen MR) is 65.7 cm³/mol. The number of alkyl halides is 1. The van der Waals surface area contributed by atoms with Gasteiger partial charge in [0, 0.05) is 0 Å². The number of halogens is 2. The Labute approximate surface area is 118 Å². The van der Waals surface area contributed by atoms with Gasteiger partial charge in [0.25, 0.3) is 0 Å². The van der Waals surface area contributed by atoms with E-state index in [1.807, 2.05) is 0 Å². The highest BCUT2D eigenvalue weighted by molar-refractivity contribution is 6.16. The molecule has 0 aliphatic carbocycles. The first-order chi connectivity index (χ1) is 6.62. The Kier molecular flexibility index (Phi) is 14.0. The second kappa shape index (κ2) is 11.5. The van der Waals surface area contributed by atoms with Crippen LogP contribution in [-0.4, -0.2) is 31.1 Å². The van der Waals surface area contributed by atoms with E-state index in [1.54, 1.807) is 0 Å². The standard InChI is InChI=1S/C12H27ClN.HI/c1-4-5-6-7-8-9-10-11-14(2,3)12-13;/h4-12H2,1-3H3;1H/q+1;/p-1. The van der Waals surface area contributed by atoms with Crippen molar-refractivity contribution in [2.45, 2.75) is 51.9 Å². The molecule has 0 heterocycles. The van der Waals surface area contributed by atoms with Gasteiger partial charge in [-0.15, -0.1) is 0 Å². The highest BCUT2D eigenvalue weighted by Crippen LogP contribution is 2.09. The van der Waals surface area contributed by atoms with Gasteiger partial charge < -0.3 is 28.5 Å². The fourth-order valence-corrected chi connectivity index (χ4v) is 1.68. The van der Waals surface area contributed by atoms with Gasteiger partial charge in [-0.05, 0) is 12.8 Å². The fourth-order valence-electron chi connectivity index (χ4n) is 1.56. The second-order valence-corrected chi connectivity index (χ2v) is 5.14. The summed E-state index contributed by atoms with van der Waals surface area (Å²) < 4.78 is 0.955. The Hall–Kier alpha value is 0.980. The number of quaternary nitrogens is 1. The van der Waals surface area contributed by atoms with Crippen LogP contribution in [0.5, 0.6) is 0 Å². The van der Waals surface area contributed by atoms with E-state index in [4.69, 9.17) is 11.6 Å². The molecule has 3 heteroatoms. The van der Waals surface area contributed by atoms with Gasteiger partial charge in [-0.25, -0.2) is 0 Å². The Balaban J connectivity index is 0. The number of unbranched alkanes of at least 4 members (excludes halogenated alkanes) is 6. The summed E-state index contributed by atoms with van der Waals surface area (Å²) in [5.74, 6) is 0. The van der Waals surface area contributed by atoms with Gasteiger partial charge in [0.1, 0.15) is 0 Å². The van der Waals surface area contributed by atoms with E-state index in [9.17, 15) is 0 Å². The second-order valence-electron chi connectivity index (χ2n) is 4.90. The lowest BCUT2D eigenvalue weighted by Gasteiger charge is -2.26. The summed E-state index contributed by atoms with van der Waals surface area (Å²) in [4.78, 5) is 0. The maximum Gasteiger partial charge on any atom is 0.154 e. The first-order valence-corrected chi connectivity index (χ1v) is 6.54. The SMILES string of the molecule is CCCCCCCCC[N+](C)(C)CCl.[I-]. The molecule has 0 rings (SSSR count). The van der Waals surface area contributed by atoms with Crippen LogP contribution in [-0.2, 0) is 0 Å². The molecular weight excluding hydrogens is 320 g/mol. The summed E-state index contributed by atoms with van der Waals surface area (Å²) in [7, 11) is 4.40. The van der Waals surface area contributed by atoms with Crippen LogP contribution in [0, 0.1) is 0 Å². The molecule has 0 radical (unpaired) electrons. The van der Waals surface area contributed by atoms with Gasteiger partial charge in [-0.2, -0.15) is 0 Å². The summed E-state index contributed by atoms with van der Waals surface area (Å²) in [6, 6.07) is 0.732. The third kappa shape index (κ3) is 12.9. The van der Waals surface area contributed by atoms with Gasteiger partial charge in [0.05, 0.1) is 20.6 Å². The Morgan fingerprint density at radius 2 is 1.33 bits per heavy atom. The van der Waals surface area contributed by atoms with Crippen molar-refractivity contribution in [2.75, 3.05) is 26.6 Å². The fraction of sp³-hybridized carbons (Fsp3) is 1.00. The van der Waals surface area contributed by atoms with Gasteiger partial charge in [-0.3, -0.25) is 0 Å². The minimum Gasteiger partial charge on any atom is -1.00 e. The van der Waals surface area contributed by atoms with Gasteiger partial charge in [0.2, 0.25) is 0 Å². The van der Waals surface area contributed by atoms with Crippen LogP contribution in [0.15, 0.2) is 0 Å². The Morgan fingerprint density at radius 3 is 1.80 bits per heavy atom. The lowest BCUT2D eigenvalue weighted by atomic mass is 10.1. The average molecular weight is 348 g/mol. The van der Waals surface area contributed by atoms with E-state index in [1.165, 1.54) is 51.5 Å². The average Bonchev–Trinajstić information content (AvgIpc) is 2.16. The van der Waals surface area contributed by atoms with Gasteiger partial charge in [0.15, 0.2) is 6.00 Å². The summed E-state index contributed by atoms with van der Waals surface area (Å²) in [6.07, 6.45) is 9.70. The van der Waals surface area contributed by atoms with Crippen molar-refractivity contribution < 1.29 is 28.5 Å². The van der Waals surface area contributed by atoms with Crippen molar-refractivity contribution in [2.24, 2.45) is 0 Å². The van der Waals surface area contributed by atoms with Crippen LogP contribution in [0.2, 0.25) is 0 Å². The number of hydrogen-bond acceptors (Lipinski definition) is 0. The first kappa shape index (κ1) is 18.3. The van der Waals surface area contributed by atoms with E-state index < -0.39 is 0 Å². The molecule has 94 valence electrons. The predicted octanol–water partition coefficient (Wildman–Crippen LogP) is 1.01. The van der Waals surface area contributed by atoms with Gasteiger partial charge in [-0.1, -0.05) is 50.6 Å². The van der Waals surface area contributed by atoms with Crippen LogP contribution < -0.4 is 24.0 Å². The molecular formula is C12H27ClIN. The van der Waals surface area contributed by atoms with Crippen LogP contribution >= 0.6 is 11.6 Å². The Bertz CT molecular complexity index is 129. The molecule has 0 spiro atoms. The monoisotopic (exact) mass is 347 g/mol. The zero-order chi connectivity index (χ0) is 10.9. The van der Waals surface area contributed by atoms with Crippen LogP contribution in [0.3, 0.4) is 0 Å². The topological polar surface area (TPSA) is 0 Å². The zero-order valence-electron chi connectivity index (χ0n) is 10.6. The highest BCUT2D eigenvalue weighted by Gasteiger charge is 2.11. The number of rotatable bonds is 9. The summed E-state index contributed by atoms with van der Waals surface area (Å²) in [5, 5.41) is 0. The Morgan fingerprint density at radius 1 is 0.867 bits per heavy atom. The van der Waals surface area contributed by atoms with E-state index in [0.29, 0.717) is 0 Å². The molecule has 0 aliphatic heterocycles. The van der Waals surface area contributed by atoms with Crippen LogP contribution in [0.4, 0.5) is 0 Å². The maximum atomic E-state index is 5.85. The molecule has 0 bridgehead atoms. The van der Waals surface area contributed by atoms with Crippen molar-refractivity contribution in [1.82, 2.24) is 0 Å². The third-order valence-corrected chi connectivity index (χ3v) is 3.34. The molecule has 15 heavy (non-hydrogen) atoms. The van der Waals surface area contributed by atoms with E-state index in [0.717, 1.165) is 10.5 Å². The molecule has 0 aromatic carbocycles. The number of hydrogen-bond donors (Lipinski definition) is 0. The molecule has 0 atom stereocenters. The van der Waals surface area contributed by atoms with Gasteiger partial charge >= 0.3 is 0 Å². The van der Waals surface area contributed by atoms with Crippen molar-refractivity contribution in [3.8, 4) is 0 Å². The normalized spacial score (nSPS) is 11.2. The molecule has 0 aliphatic rings. The van der Waals surface area contributed by atoms with Crippen molar-refractivity contribution in [3.05, 3.63) is 0 Å². The lowest BCUT2D eigenvalue weighted by Crippen LogP contribution is -3.00. The minimum absolute atomic E-state index is 0. The summed E-state index contributed by atoms with van der Waals surface area (Å²) >= 11 is 5.85. The molecule has 0 unspecified atom stereocenters. The van der Waals surface area contributed by atoms with Crippen LogP contribution in [0.25, 0.3) is 0 Å². The smallest absolute Gasteiger partial charge is 0.154 e. The van der Waals surface area contributed by atoms with E-state index >= 15 is 0 Å². The van der Waals surface area contributed by atoms with Crippen molar-refractivity contribution in [3.63, 3.8) is 0 Å².